The zero-order valence-corrected chi connectivity index (χ0v) is 5.49. The van der Waals surface area contributed by atoms with Crippen LogP contribution in [0.3, 0.4) is 0 Å². The Balaban J connectivity index is 2.39. The van der Waals surface area contributed by atoms with Crippen LogP contribution >= 0.6 is 0 Å². The van der Waals surface area contributed by atoms with Crippen molar-refractivity contribution in [3.8, 4) is 0 Å². The van der Waals surface area contributed by atoms with Crippen LogP contribution in [0, 0.1) is 0 Å². The second-order valence-corrected chi connectivity index (χ2v) is 2.46. The van der Waals surface area contributed by atoms with E-state index in [1.807, 2.05) is 0 Å². The van der Waals surface area contributed by atoms with E-state index in [1.54, 1.807) is 0 Å². The van der Waals surface area contributed by atoms with Crippen LogP contribution in [0.15, 0.2) is 0 Å². The average molecular weight is 152 g/mol. The van der Waals surface area contributed by atoms with Crippen LogP contribution in [0.2, 0.25) is 0 Å². The van der Waals surface area contributed by atoms with Crippen LogP contribution in [0.4, 0.5) is 13.2 Å². The molecule has 0 N–H and O–H groups in total. The number of piperidine rings is 1. The molecule has 0 aromatic rings. The summed E-state index contributed by atoms with van der Waals surface area (Å²) in [6.45, 7) is 0.379. The molecule has 1 aliphatic heterocycles. The Labute approximate surface area is 57.6 Å². The number of hydrogen-bond acceptors (Lipinski definition) is 0. The molecule has 0 aromatic carbocycles. The molecule has 1 rings (SSSR count). The summed E-state index contributed by atoms with van der Waals surface area (Å²) >= 11 is 0. The van der Waals surface area contributed by atoms with Crippen molar-refractivity contribution in [3.63, 3.8) is 0 Å². The van der Waals surface area contributed by atoms with E-state index in [2.05, 4.69) is 5.32 Å². The monoisotopic (exact) mass is 152 g/mol. The van der Waals surface area contributed by atoms with E-state index in [9.17, 15) is 13.2 Å². The summed E-state index contributed by atoms with van der Waals surface area (Å²) in [6.07, 6.45) is -2.44. The van der Waals surface area contributed by atoms with Crippen LogP contribution < -0.4 is 5.32 Å². The van der Waals surface area contributed by atoms with Crippen molar-refractivity contribution in [1.29, 1.82) is 0 Å². The van der Waals surface area contributed by atoms with E-state index < -0.39 is 12.2 Å². The molecule has 1 heterocycles. The molecule has 1 saturated heterocycles. The van der Waals surface area contributed by atoms with Gasteiger partial charge in [0.25, 0.3) is 0 Å². The second kappa shape index (κ2) is 2.78. The summed E-state index contributed by atoms with van der Waals surface area (Å²) in [5.41, 5.74) is 0. The van der Waals surface area contributed by atoms with Crippen LogP contribution in [0.1, 0.15) is 19.3 Å². The van der Waals surface area contributed by atoms with Crippen molar-refractivity contribution < 1.29 is 13.2 Å². The molecule has 0 aromatic heterocycles. The molecule has 1 aliphatic rings. The zero-order valence-electron chi connectivity index (χ0n) is 5.49. The maximum absolute atomic E-state index is 11.8. The van der Waals surface area contributed by atoms with Gasteiger partial charge in [0.1, 0.15) is 6.04 Å². The highest BCUT2D eigenvalue weighted by Gasteiger charge is 2.40. The Kier molecular flexibility index (Phi) is 2.18. The van der Waals surface area contributed by atoms with Crippen LogP contribution in [0.25, 0.3) is 0 Å². The van der Waals surface area contributed by atoms with Crippen molar-refractivity contribution in [2.24, 2.45) is 0 Å². The normalized spacial score (nSPS) is 28.5. The number of hydrogen-bond donors (Lipinski definition) is 0. The van der Waals surface area contributed by atoms with Gasteiger partial charge in [-0.1, -0.05) is 6.42 Å². The number of nitrogens with zero attached hydrogens (tertiary/aromatic N) is 1. The summed E-state index contributed by atoms with van der Waals surface area (Å²) < 4.78 is 35.5. The molecule has 0 amide bonds. The van der Waals surface area contributed by atoms with Crippen molar-refractivity contribution >= 4 is 0 Å². The third-order valence-electron chi connectivity index (χ3n) is 1.61. The lowest BCUT2D eigenvalue weighted by Crippen LogP contribution is -2.40. The fourth-order valence-electron chi connectivity index (χ4n) is 1.06. The van der Waals surface area contributed by atoms with Crippen molar-refractivity contribution in [2.45, 2.75) is 31.5 Å². The number of rotatable bonds is 0. The average Bonchev–Trinajstić information content (AvgIpc) is 1.88. The van der Waals surface area contributed by atoms with Gasteiger partial charge in [-0.15, -0.1) is 0 Å². The van der Waals surface area contributed by atoms with Crippen molar-refractivity contribution in [1.82, 2.24) is 5.32 Å². The van der Waals surface area contributed by atoms with E-state index in [-0.39, 0.29) is 6.42 Å². The van der Waals surface area contributed by atoms with Gasteiger partial charge in [-0.2, -0.15) is 13.2 Å². The third kappa shape index (κ3) is 1.87. The lowest BCUT2D eigenvalue weighted by atomic mass is 10.1. The second-order valence-electron chi connectivity index (χ2n) is 2.46. The van der Waals surface area contributed by atoms with Gasteiger partial charge >= 0.3 is 6.18 Å². The van der Waals surface area contributed by atoms with E-state index in [4.69, 9.17) is 0 Å². The van der Waals surface area contributed by atoms with Gasteiger partial charge < -0.3 is 0 Å². The molecule has 0 aliphatic carbocycles. The minimum absolute atomic E-state index is 0.184. The molecule has 1 atom stereocenters. The minimum Gasteiger partial charge on any atom is -0.229 e. The van der Waals surface area contributed by atoms with Gasteiger partial charge in [-0.05, 0) is 12.8 Å². The maximum Gasteiger partial charge on any atom is 0.405 e. The summed E-state index contributed by atoms with van der Waals surface area (Å²) in [5.74, 6) is 0. The Morgan fingerprint density at radius 2 is 1.90 bits per heavy atom. The van der Waals surface area contributed by atoms with Crippen LogP contribution in [0.5, 0.6) is 0 Å². The largest absolute Gasteiger partial charge is 0.405 e. The lowest BCUT2D eigenvalue weighted by molar-refractivity contribution is -0.161. The predicted molar refractivity (Wildman–Crippen MR) is 30.7 cm³/mol. The Morgan fingerprint density at radius 1 is 1.20 bits per heavy atom. The smallest absolute Gasteiger partial charge is 0.229 e. The SMILES string of the molecule is FC(F)(F)[C@H]1CCCC[N]1. The van der Waals surface area contributed by atoms with Crippen LogP contribution in [-0.2, 0) is 0 Å². The molecule has 0 saturated carbocycles. The minimum atomic E-state index is -4.10. The first-order valence-electron chi connectivity index (χ1n) is 3.34. The summed E-state index contributed by atoms with van der Waals surface area (Å²) in [6, 6.07) is -1.37. The fourth-order valence-corrected chi connectivity index (χ4v) is 1.06. The molecule has 0 unspecified atom stereocenters. The molecule has 10 heavy (non-hydrogen) atoms. The molecule has 1 nitrogen and oxygen atoms in total. The zero-order chi connectivity index (χ0) is 7.61. The molecule has 1 radical (unpaired) electrons. The maximum atomic E-state index is 11.8. The quantitative estimate of drug-likeness (QED) is 0.501. The van der Waals surface area contributed by atoms with Crippen molar-refractivity contribution in [2.75, 3.05) is 6.54 Å². The summed E-state index contributed by atoms with van der Waals surface area (Å²) in [5, 5.41) is 3.48. The van der Waals surface area contributed by atoms with E-state index in [1.165, 1.54) is 0 Å². The van der Waals surface area contributed by atoms with Crippen LogP contribution in [-0.4, -0.2) is 18.8 Å². The topological polar surface area (TPSA) is 14.1 Å². The third-order valence-corrected chi connectivity index (χ3v) is 1.61. The molecule has 0 spiro atoms. The highest BCUT2D eigenvalue weighted by molar-refractivity contribution is 4.77. The number of alkyl halides is 3. The first-order chi connectivity index (χ1) is 4.61. The van der Waals surface area contributed by atoms with Crippen molar-refractivity contribution in [3.05, 3.63) is 0 Å². The first-order valence-corrected chi connectivity index (χ1v) is 3.34. The highest BCUT2D eigenvalue weighted by atomic mass is 19.4. The number of halogens is 3. The predicted octanol–water partition coefficient (Wildman–Crippen LogP) is 1.71. The molecular weight excluding hydrogens is 143 g/mol. The Bertz CT molecular complexity index is 104. The molecule has 59 valence electrons. The molecular formula is C6H9F3N. The lowest BCUT2D eigenvalue weighted by Gasteiger charge is -2.23. The molecule has 4 heteroatoms. The molecule has 1 fully saturated rings. The highest BCUT2D eigenvalue weighted by Crippen LogP contribution is 2.26. The summed E-state index contributed by atoms with van der Waals surface area (Å²) in [4.78, 5) is 0. The molecule has 0 bridgehead atoms. The van der Waals surface area contributed by atoms with Gasteiger partial charge in [0.2, 0.25) is 0 Å². The Hall–Kier alpha value is -0.250. The van der Waals surface area contributed by atoms with Gasteiger partial charge in [0, 0.05) is 6.54 Å². The standard InChI is InChI=1S/C6H9F3N/c7-6(8,9)5-3-1-2-4-10-5/h5H,1-4H2/t5-/m1/s1. The fraction of sp³-hybridized carbons (Fsp3) is 1.00. The van der Waals surface area contributed by atoms with E-state index in [0.717, 1.165) is 6.42 Å². The summed E-state index contributed by atoms with van der Waals surface area (Å²) in [7, 11) is 0. The van der Waals surface area contributed by atoms with Gasteiger partial charge in [-0.3, -0.25) is 0 Å². The van der Waals surface area contributed by atoms with Gasteiger partial charge in [0.15, 0.2) is 0 Å². The Morgan fingerprint density at radius 3 is 2.20 bits per heavy atom. The van der Waals surface area contributed by atoms with Gasteiger partial charge in [0.05, 0.1) is 0 Å². The van der Waals surface area contributed by atoms with E-state index >= 15 is 0 Å². The van der Waals surface area contributed by atoms with E-state index in [0.29, 0.717) is 13.0 Å². The van der Waals surface area contributed by atoms with Gasteiger partial charge in [-0.25, -0.2) is 5.32 Å². The first kappa shape index (κ1) is 7.85.